The Morgan fingerprint density at radius 3 is 2.94 bits per heavy atom. The molecule has 0 aliphatic heterocycles. The second kappa shape index (κ2) is 5.52. The number of benzene rings is 1. The number of anilines is 2. The second-order valence-electron chi connectivity index (χ2n) is 3.84. The van der Waals surface area contributed by atoms with Gasteiger partial charge in [-0.25, -0.2) is 4.98 Å². The van der Waals surface area contributed by atoms with E-state index in [2.05, 4.69) is 23.3 Å². The van der Waals surface area contributed by atoms with Crippen LogP contribution in [-0.4, -0.2) is 4.98 Å². The van der Waals surface area contributed by atoms with E-state index < -0.39 is 0 Å². The van der Waals surface area contributed by atoms with Crippen LogP contribution < -0.4 is 11.1 Å². The lowest BCUT2D eigenvalue weighted by atomic mass is 10.2. The number of rotatable bonds is 4. The fourth-order valence-corrected chi connectivity index (χ4v) is 2.36. The number of thiazole rings is 1. The molecule has 0 aliphatic rings. The summed E-state index contributed by atoms with van der Waals surface area (Å²) in [7, 11) is 0. The molecule has 18 heavy (non-hydrogen) atoms. The van der Waals surface area contributed by atoms with Crippen molar-refractivity contribution in [1.82, 2.24) is 4.98 Å². The van der Waals surface area contributed by atoms with Crippen LogP contribution >= 0.6 is 11.3 Å². The zero-order valence-electron chi connectivity index (χ0n) is 10.1. The number of nitrogens with zero attached hydrogens (tertiary/aromatic N) is 2. The van der Waals surface area contributed by atoms with Crippen LogP contribution in [0, 0.1) is 11.3 Å². The van der Waals surface area contributed by atoms with Gasteiger partial charge in [-0.15, -0.1) is 11.3 Å². The number of nitrogens with one attached hydrogen (secondary N) is 1. The van der Waals surface area contributed by atoms with Gasteiger partial charge in [0.05, 0.1) is 29.6 Å². The van der Waals surface area contributed by atoms with Crippen LogP contribution in [0.1, 0.15) is 22.4 Å². The Hall–Kier alpha value is -2.06. The molecule has 4 nitrogen and oxygen atoms in total. The van der Waals surface area contributed by atoms with Crippen molar-refractivity contribution < 1.29 is 0 Å². The fraction of sp³-hybridized carbons (Fsp3) is 0.231. The summed E-state index contributed by atoms with van der Waals surface area (Å²) >= 11 is 1.70. The molecule has 2 rings (SSSR count). The van der Waals surface area contributed by atoms with E-state index in [1.807, 2.05) is 12.3 Å². The van der Waals surface area contributed by atoms with Crippen molar-refractivity contribution in [2.45, 2.75) is 19.9 Å². The van der Waals surface area contributed by atoms with Crippen molar-refractivity contribution in [2.24, 2.45) is 0 Å². The predicted molar refractivity (Wildman–Crippen MR) is 74.4 cm³/mol. The summed E-state index contributed by atoms with van der Waals surface area (Å²) in [4.78, 5) is 5.61. The summed E-state index contributed by atoms with van der Waals surface area (Å²) in [6.45, 7) is 2.77. The average molecular weight is 258 g/mol. The molecule has 92 valence electrons. The molecule has 0 fully saturated rings. The lowest BCUT2D eigenvalue weighted by molar-refractivity contribution is 1.09. The van der Waals surface area contributed by atoms with E-state index in [-0.39, 0.29) is 0 Å². The average Bonchev–Trinajstić information content (AvgIpc) is 2.85. The van der Waals surface area contributed by atoms with Crippen LogP contribution in [0.3, 0.4) is 0 Å². The van der Waals surface area contributed by atoms with Gasteiger partial charge in [0.15, 0.2) is 0 Å². The number of nitriles is 1. The lowest BCUT2D eigenvalue weighted by Gasteiger charge is -2.07. The van der Waals surface area contributed by atoms with Gasteiger partial charge in [0, 0.05) is 11.1 Å². The molecule has 0 saturated carbocycles. The molecule has 0 aliphatic carbocycles. The minimum atomic E-state index is 0.570. The normalized spacial score (nSPS) is 10.0. The standard InChI is InChI=1S/C13H14N4S/c1-2-10-7-17-13(18-10)8-16-12-4-3-9(6-14)5-11(12)15/h3-5,7,16H,2,8,15H2,1H3. The van der Waals surface area contributed by atoms with E-state index in [0.29, 0.717) is 17.8 Å². The predicted octanol–water partition coefficient (Wildman–Crippen LogP) is 2.77. The van der Waals surface area contributed by atoms with Crippen LogP contribution in [0.2, 0.25) is 0 Å². The van der Waals surface area contributed by atoms with E-state index in [4.69, 9.17) is 11.0 Å². The molecule has 5 heteroatoms. The van der Waals surface area contributed by atoms with E-state index in [1.54, 1.807) is 23.5 Å². The quantitative estimate of drug-likeness (QED) is 0.827. The first-order valence-electron chi connectivity index (χ1n) is 5.70. The Balaban J connectivity index is 2.04. The molecule has 3 N–H and O–H groups in total. The van der Waals surface area contributed by atoms with Crippen molar-refractivity contribution in [3.63, 3.8) is 0 Å². The van der Waals surface area contributed by atoms with Gasteiger partial charge in [0.25, 0.3) is 0 Å². The van der Waals surface area contributed by atoms with Crippen LogP contribution in [0.25, 0.3) is 0 Å². The highest BCUT2D eigenvalue weighted by atomic mass is 32.1. The maximum atomic E-state index is 8.76. The maximum Gasteiger partial charge on any atom is 0.112 e. The molecule has 0 spiro atoms. The van der Waals surface area contributed by atoms with E-state index in [9.17, 15) is 0 Å². The Kier molecular flexibility index (Phi) is 3.80. The van der Waals surface area contributed by atoms with Crippen molar-refractivity contribution >= 4 is 22.7 Å². The lowest BCUT2D eigenvalue weighted by Crippen LogP contribution is -2.02. The van der Waals surface area contributed by atoms with Gasteiger partial charge in [-0.1, -0.05) is 6.92 Å². The van der Waals surface area contributed by atoms with E-state index in [1.165, 1.54) is 4.88 Å². The first-order chi connectivity index (χ1) is 8.72. The Bertz CT molecular complexity index is 583. The second-order valence-corrected chi connectivity index (χ2v) is 5.04. The molecule has 1 heterocycles. The summed E-state index contributed by atoms with van der Waals surface area (Å²) in [6.07, 6.45) is 2.92. The van der Waals surface area contributed by atoms with Gasteiger partial charge in [0.1, 0.15) is 5.01 Å². The van der Waals surface area contributed by atoms with Crippen molar-refractivity contribution in [1.29, 1.82) is 5.26 Å². The minimum absolute atomic E-state index is 0.570. The first kappa shape index (κ1) is 12.4. The van der Waals surface area contributed by atoms with Gasteiger partial charge >= 0.3 is 0 Å². The third-order valence-corrected chi connectivity index (χ3v) is 3.70. The number of aryl methyl sites for hydroxylation is 1. The minimum Gasteiger partial charge on any atom is -0.397 e. The molecule has 0 unspecified atom stereocenters. The van der Waals surface area contributed by atoms with Gasteiger partial charge in [-0.2, -0.15) is 5.26 Å². The molecule has 1 aromatic carbocycles. The summed E-state index contributed by atoms with van der Waals surface area (Å²) in [5.74, 6) is 0. The number of hydrogen-bond acceptors (Lipinski definition) is 5. The molecule has 2 aromatic rings. The molecule has 1 aromatic heterocycles. The molecule has 0 amide bonds. The molecule has 0 atom stereocenters. The zero-order valence-corrected chi connectivity index (χ0v) is 10.9. The summed E-state index contributed by atoms with van der Waals surface area (Å²) in [5.41, 5.74) is 7.85. The van der Waals surface area contributed by atoms with Gasteiger partial charge in [0.2, 0.25) is 0 Å². The SMILES string of the molecule is CCc1cnc(CNc2ccc(C#N)cc2N)s1. The van der Waals surface area contributed by atoms with Crippen molar-refractivity contribution in [2.75, 3.05) is 11.1 Å². The smallest absolute Gasteiger partial charge is 0.112 e. The van der Waals surface area contributed by atoms with Crippen LogP contribution in [0.4, 0.5) is 11.4 Å². The van der Waals surface area contributed by atoms with Gasteiger partial charge in [-0.3, -0.25) is 0 Å². The van der Waals surface area contributed by atoms with Crippen LogP contribution in [0.5, 0.6) is 0 Å². The number of hydrogen-bond donors (Lipinski definition) is 2. The topological polar surface area (TPSA) is 74.7 Å². The third-order valence-electron chi connectivity index (χ3n) is 2.56. The highest BCUT2D eigenvalue weighted by molar-refractivity contribution is 7.11. The molecule has 0 bridgehead atoms. The number of nitrogens with two attached hydrogens (primary N) is 1. The highest BCUT2D eigenvalue weighted by Gasteiger charge is 2.03. The Labute approximate surface area is 110 Å². The largest absolute Gasteiger partial charge is 0.397 e. The van der Waals surface area contributed by atoms with Gasteiger partial charge in [-0.05, 0) is 24.6 Å². The molecule has 0 radical (unpaired) electrons. The number of nitrogen functional groups attached to an aromatic ring is 1. The molecular weight excluding hydrogens is 244 g/mol. The van der Waals surface area contributed by atoms with Crippen molar-refractivity contribution in [3.8, 4) is 6.07 Å². The summed E-state index contributed by atoms with van der Waals surface area (Å²) in [6, 6.07) is 7.30. The summed E-state index contributed by atoms with van der Waals surface area (Å²) in [5, 5.41) is 13.0. The number of aromatic nitrogens is 1. The Morgan fingerprint density at radius 2 is 2.33 bits per heavy atom. The highest BCUT2D eigenvalue weighted by Crippen LogP contribution is 2.21. The van der Waals surface area contributed by atoms with Crippen LogP contribution in [-0.2, 0) is 13.0 Å². The van der Waals surface area contributed by atoms with Crippen LogP contribution in [0.15, 0.2) is 24.4 Å². The summed E-state index contributed by atoms with van der Waals surface area (Å²) < 4.78 is 0. The monoisotopic (exact) mass is 258 g/mol. The van der Waals surface area contributed by atoms with Gasteiger partial charge < -0.3 is 11.1 Å². The zero-order chi connectivity index (χ0) is 13.0. The third kappa shape index (κ3) is 2.79. The molecular formula is C13H14N4S. The maximum absolute atomic E-state index is 8.76. The van der Waals surface area contributed by atoms with Crippen molar-refractivity contribution in [3.05, 3.63) is 39.8 Å². The Morgan fingerprint density at radius 1 is 1.50 bits per heavy atom. The molecule has 0 saturated heterocycles. The van der Waals surface area contributed by atoms with E-state index >= 15 is 0 Å². The van der Waals surface area contributed by atoms with E-state index in [0.717, 1.165) is 17.1 Å². The first-order valence-corrected chi connectivity index (χ1v) is 6.51. The fourth-order valence-electron chi connectivity index (χ4n) is 1.56.